The normalized spacial score (nSPS) is 13.4. The van der Waals surface area contributed by atoms with E-state index in [1.807, 2.05) is 6.07 Å². The molecule has 0 amide bonds. The van der Waals surface area contributed by atoms with Crippen LogP contribution in [0.3, 0.4) is 0 Å². The van der Waals surface area contributed by atoms with E-state index in [0.717, 1.165) is 6.42 Å². The van der Waals surface area contributed by atoms with E-state index < -0.39 is 6.10 Å². The Morgan fingerprint density at radius 2 is 2.21 bits per heavy atom. The van der Waals surface area contributed by atoms with Crippen LogP contribution >= 0.6 is 0 Å². The van der Waals surface area contributed by atoms with Crippen LogP contribution in [0.2, 0.25) is 0 Å². The fourth-order valence-corrected chi connectivity index (χ4v) is 0.930. The number of hydrogen-bond acceptors (Lipinski definition) is 3. The summed E-state index contributed by atoms with van der Waals surface area (Å²) in [7, 11) is 0. The van der Waals surface area contributed by atoms with Gasteiger partial charge in [0.2, 0.25) is 0 Å². The van der Waals surface area contributed by atoms with Gasteiger partial charge in [-0.25, -0.2) is 0 Å². The monoisotopic (exact) mass is 193 g/mol. The highest BCUT2D eigenvalue weighted by Gasteiger charge is 2.15. The van der Waals surface area contributed by atoms with Crippen molar-refractivity contribution in [3.05, 3.63) is 0 Å². The second kappa shape index (κ2) is 6.97. The van der Waals surface area contributed by atoms with Crippen molar-refractivity contribution in [1.29, 1.82) is 5.26 Å². The topological polar surface area (TPSA) is 50.1 Å². The summed E-state index contributed by atoms with van der Waals surface area (Å²) in [4.78, 5) is 11.3. The van der Waals surface area contributed by atoms with Crippen LogP contribution in [0.25, 0.3) is 0 Å². The minimum atomic E-state index is -0.471. The number of carbonyl (C=O) groups excluding carboxylic acids is 1. The molecule has 0 rings (SSSR count). The Balaban J connectivity index is 3.78. The number of carbonyl (C=O) groups is 1. The van der Waals surface area contributed by atoms with Gasteiger partial charge in [0, 0.05) is 6.42 Å². The fraction of sp³-hybridized carbons (Fsp3) is 0.636. The number of esters is 1. The van der Waals surface area contributed by atoms with Crippen molar-refractivity contribution < 1.29 is 9.53 Å². The van der Waals surface area contributed by atoms with Crippen molar-refractivity contribution >= 4 is 5.97 Å². The third-order valence-electron chi connectivity index (χ3n) is 1.86. The molecule has 0 fully saturated rings. The predicted octanol–water partition coefficient (Wildman–Crippen LogP) is 1.88. The molecule has 0 aliphatic heterocycles. The fourth-order valence-electron chi connectivity index (χ4n) is 0.930. The molecule has 0 aromatic rings. The van der Waals surface area contributed by atoms with Gasteiger partial charge in [-0.1, -0.05) is 12.8 Å². The summed E-state index contributed by atoms with van der Waals surface area (Å²) < 4.78 is 4.93. The van der Waals surface area contributed by atoms with E-state index in [0.29, 0.717) is 12.8 Å². The van der Waals surface area contributed by atoms with Crippen molar-refractivity contribution in [1.82, 2.24) is 0 Å². The van der Waals surface area contributed by atoms with Gasteiger partial charge in [0.1, 0.15) is 0 Å². The van der Waals surface area contributed by atoms with E-state index in [2.05, 4.69) is 5.92 Å². The van der Waals surface area contributed by atoms with Gasteiger partial charge < -0.3 is 4.74 Å². The molecule has 0 spiro atoms. The molecule has 14 heavy (non-hydrogen) atoms. The molecule has 0 N–H and O–H groups in total. The molecule has 76 valence electrons. The number of rotatable bonds is 5. The average molecular weight is 193 g/mol. The summed E-state index contributed by atoms with van der Waals surface area (Å²) in [6.45, 7) is 3.43. The van der Waals surface area contributed by atoms with Crippen molar-refractivity contribution in [3.8, 4) is 18.4 Å². The van der Waals surface area contributed by atoms with Crippen molar-refractivity contribution in [2.24, 2.45) is 5.92 Å². The van der Waals surface area contributed by atoms with Crippen LogP contribution in [-0.4, -0.2) is 12.1 Å². The van der Waals surface area contributed by atoms with E-state index in [9.17, 15) is 4.79 Å². The standard InChI is InChI=1S/C11H15NO2/c1-4-10(3)14-11(13)9(2)7-5-6-8-12/h1,9-10H,5-7H2,2-3H3. The molecule has 0 aliphatic rings. The highest BCUT2D eigenvalue weighted by atomic mass is 16.5. The van der Waals surface area contributed by atoms with Crippen LogP contribution in [0, 0.1) is 29.6 Å². The molecule has 0 bridgehead atoms. The van der Waals surface area contributed by atoms with Gasteiger partial charge in [-0.05, 0) is 19.8 Å². The Labute approximate surface area is 85.1 Å². The first-order valence-corrected chi connectivity index (χ1v) is 4.65. The molecule has 0 heterocycles. The molecule has 3 nitrogen and oxygen atoms in total. The minimum absolute atomic E-state index is 0.181. The van der Waals surface area contributed by atoms with E-state index in [-0.39, 0.29) is 11.9 Å². The summed E-state index contributed by atoms with van der Waals surface area (Å²) in [5.74, 6) is 1.86. The predicted molar refractivity (Wildman–Crippen MR) is 53.0 cm³/mol. The molecule has 0 aromatic carbocycles. The van der Waals surface area contributed by atoms with E-state index in [1.54, 1.807) is 13.8 Å². The number of nitrogens with zero attached hydrogens (tertiary/aromatic N) is 1. The molecule has 0 aromatic heterocycles. The molecule has 3 heteroatoms. The number of unbranched alkanes of at least 4 members (excludes halogenated alkanes) is 1. The van der Waals surface area contributed by atoms with Crippen LogP contribution in [0.15, 0.2) is 0 Å². The van der Waals surface area contributed by atoms with Gasteiger partial charge in [0.15, 0.2) is 6.10 Å². The lowest BCUT2D eigenvalue weighted by Crippen LogP contribution is -2.19. The Morgan fingerprint density at radius 3 is 2.71 bits per heavy atom. The lowest BCUT2D eigenvalue weighted by atomic mass is 10.0. The highest BCUT2D eigenvalue weighted by molar-refractivity contribution is 5.72. The molecule has 0 saturated carbocycles. The van der Waals surface area contributed by atoms with E-state index >= 15 is 0 Å². The van der Waals surface area contributed by atoms with Gasteiger partial charge in [-0.15, -0.1) is 6.42 Å². The maximum absolute atomic E-state index is 11.3. The SMILES string of the molecule is C#CC(C)OC(=O)C(C)CCCC#N. The quantitative estimate of drug-likeness (QED) is 0.380. The number of ether oxygens (including phenoxy) is 1. The summed E-state index contributed by atoms with van der Waals surface area (Å²) in [6.07, 6.45) is 6.46. The van der Waals surface area contributed by atoms with Crippen LogP contribution < -0.4 is 0 Å². The average Bonchev–Trinajstić information content (AvgIpc) is 2.17. The van der Waals surface area contributed by atoms with Crippen LogP contribution in [0.4, 0.5) is 0 Å². The summed E-state index contributed by atoms with van der Waals surface area (Å²) >= 11 is 0. The highest BCUT2D eigenvalue weighted by Crippen LogP contribution is 2.10. The van der Waals surface area contributed by atoms with Gasteiger partial charge in [0.05, 0.1) is 12.0 Å². The lowest BCUT2D eigenvalue weighted by Gasteiger charge is -2.12. The van der Waals surface area contributed by atoms with Gasteiger partial charge in [-0.2, -0.15) is 5.26 Å². The summed E-state index contributed by atoms with van der Waals surface area (Å²) in [6, 6.07) is 2.03. The zero-order valence-corrected chi connectivity index (χ0v) is 8.62. The number of terminal acetylenes is 1. The van der Waals surface area contributed by atoms with Crippen molar-refractivity contribution in [2.45, 2.75) is 39.2 Å². The molecular weight excluding hydrogens is 178 g/mol. The van der Waals surface area contributed by atoms with Crippen LogP contribution in [0.5, 0.6) is 0 Å². The van der Waals surface area contributed by atoms with Crippen LogP contribution in [0.1, 0.15) is 33.1 Å². The Bertz CT molecular complexity index is 259. The molecular formula is C11H15NO2. The molecule has 0 saturated heterocycles. The molecule has 2 unspecified atom stereocenters. The first-order valence-electron chi connectivity index (χ1n) is 4.65. The maximum Gasteiger partial charge on any atom is 0.309 e. The van der Waals surface area contributed by atoms with Gasteiger partial charge >= 0.3 is 5.97 Å². The van der Waals surface area contributed by atoms with Crippen LogP contribution in [-0.2, 0) is 9.53 Å². The third-order valence-corrected chi connectivity index (χ3v) is 1.86. The second-order valence-electron chi connectivity index (χ2n) is 3.20. The first kappa shape index (κ1) is 12.5. The smallest absolute Gasteiger partial charge is 0.309 e. The largest absolute Gasteiger partial charge is 0.449 e. The number of hydrogen-bond donors (Lipinski definition) is 0. The lowest BCUT2D eigenvalue weighted by molar-refractivity contribution is -0.150. The Kier molecular flexibility index (Phi) is 6.24. The van der Waals surface area contributed by atoms with E-state index in [1.165, 1.54) is 0 Å². The van der Waals surface area contributed by atoms with Gasteiger partial charge in [-0.3, -0.25) is 4.79 Å². The maximum atomic E-state index is 11.3. The minimum Gasteiger partial charge on any atom is -0.449 e. The van der Waals surface area contributed by atoms with Crippen molar-refractivity contribution in [2.75, 3.05) is 0 Å². The number of nitriles is 1. The first-order chi connectivity index (χ1) is 6.61. The Morgan fingerprint density at radius 1 is 1.57 bits per heavy atom. The third kappa shape index (κ3) is 5.22. The zero-order chi connectivity index (χ0) is 11.0. The summed E-state index contributed by atoms with van der Waals surface area (Å²) in [5, 5.41) is 8.31. The van der Waals surface area contributed by atoms with Gasteiger partial charge in [0.25, 0.3) is 0 Å². The summed E-state index contributed by atoms with van der Waals surface area (Å²) in [5.41, 5.74) is 0. The van der Waals surface area contributed by atoms with Crippen molar-refractivity contribution in [3.63, 3.8) is 0 Å². The second-order valence-corrected chi connectivity index (χ2v) is 3.20. The Hall–Kier alpha value is -1.48. The molecule has 0 aliphatic carbocycles. The zero-order valence-electron chi connectivity index (χ0n) is 8.62. The molecule has 2 atom stereocenters. The van der Waals surface area contributed by atoms with E-state index in [4.69, 9.17) is 16.4 Å². The molecule has 0 radical (unpaired) electrons.